The van der Waals surface area contributed by atoms with E-state index in [4.69, 9.17) is 18.9 Å². The number of pyridine rings is 2. The fourth-order valence-electron chi connectivity index (χ4n) is 4.91. The number of carbonyl (C=O) groups is 1. The summed E-state index contributed by atoms with van der Waals surface area (Å²) in [5.41, 5.74) is 2.61. The summed E-state index contributed by atoms with van der Waals surface area (Å²) in [6, 6.07) is 11.3. The first kappa shape index (κ1) is 38.2. The van der Waals surface area contributed by atoms with Crippen LogP contribution >= 0.6 is 0 Å². The van der Waals surface area contributed by atoms with E-state index in [1.807, 2.05) is 0 Å². The first-order chi connectivity index (χ1) is 25.5. The number of fused-ring (bicyclic) bond motifs is 2. The molecule has 284 valence electrons. The van der Waals surface area contributed by atoms with Crippen LogP contribution in [-0.4, -0.2) is 70.0 Å². The maximum Gasteiger partial charge on any atom is 0.519 e. The molecule has 21 heteroatoms. The number of nitrogens with zero attached hydrogens (tertiary/aromatic N) is 4. The highest BCUT2D eigenvalue weighted by Crippen LogP contribution is 2.28. The number of aromatic nitrogens is 6. The molecular weight excluding hydrogens is 771 g/mol. The lowest BCUT2D eigenvalue weighted by Gasteiger charge is -2.13. The van der Waals surface area contributed by atoms with Gasteiger partial charge in [0, 0.05) is 35.7 Å². The Balaban J connectivity index is 1.07. The molecule has 2 N–H and O–H groups in total. The minimum atomic E-state index is -4.53. The SMILES string of the molecule is Cc1c(OCC(F)(F)F)ccnc1CS(=O)c1nc2ccc(OC(=O)Oc3ccc4nc(S(=O)Cc5nccc(OCC(F)(F)F)c5C)[nH]c4c3)cc2[nH]1. The summed E-state index contributed by atoms with van der Waals surface area (Å²) in [4.78, 5) is 35.3. The van der Waals surface area contributed by atoms with Crippen molar-refractivity contribution in [3.8, 4) is 23.0 Å². The van der Waals surface area contributed by atoms with Gasteiger partial charge in [-0.15, -0.1) is 0 Å². The number of benzene rings is 2. The lowest BCUT2D eigenvalue weighted by molar-refractivity contribution is -0.154. The summed E-state index contributed by atoms with van der Waals surface area (Å²) in [5.74, 6) is -0.306. The molecule has 13 nitrogen and oxygen atoms in total. The third-order valence-corrected chi connectivity index (χ3v) is 9.85. The molecule has 2 atom stereocenters. The van der Waals surface area contributed by atoms with E-state index >= 15 is 0 Å². The minimum Gasteiger partial charge on any atom is -0.484 e. The quantitative estimate of drug-likeness (QED) is 0.0748. The number of nitrogens with one attached hydrogen (secondary N) is 2. The molecule has 0 aliphatic rings. The van der Waals surface area contributed by atoms with Gasteiger partial charge in [0.15, 0.2) is 23.5 Å². The molecule has 54 heavy (non-hydrogen) atoms. The Bertz CT molecular complexity index is 2240. The van der Waals surface area contributed by atoms with Crippen molar-refractivity contribution in [2.24, 2.45) is 0 Å². The van der Waals surface area contributed by atoms with Gasteiger partial charge in [0.2, 0.25) is 0 Å². The zero-order valence-electron chi connectivity index (χ0n) is 27.8. The van der Waals surface area contributed by atoms with E-state index in [0.29, 0.717) is 33.2 Å². The largest absolute Gasteiger partial charge is 0.519 e. The summed E-state index contributed by atoms with van der Waals surface area (Å²) >= 11 is 0. The predicted molar refractivity (Wildman–Crippen MR) is 180 cm³/mol. The van der Waals surface area contributed by atoms with Gasteiger partial charge in [0.05, 0.1) is 66.6 Å². The predicted octanol–water partition coefficient (Wildman–Crippen LogP) is 6.92. The van der Waals surface area contributed by atoms with Crippen molar-refractivity contribution in [2.75, 3.05) is 13.2 Å². The zero-order valence-corrected chi connectivity index (χ0v) is 29.5. The molecule has 0 fully saturated rings. The second kappa shape index (κ2) is 15.4. The van der Waals surface area contributed by atoms with Crippen LogP contribution in [0.2, 0.25) is 0 Å². The molecule has 2 aromatic carbocycles. The summed E-state index contributed by atoms with van der Waals surface area (Å²) in [6.45, 7) is 0.0465. The Kier molecular flexibility index (Phi) is 10.9. The van der Waals surface area contributed by atoms with Crippen molar-refractivity contribution >= 4 is 49.8 Å². The van der Waals surface area contributed by atoms with Gasteiger partial charge in [-0.1, -0.05) is 0 Å². The second-order valence-electron chi connectivity index (χ2n) is 11.4. The van der Waals surface area contributed by atoms with Crippen LogP contribution in [0.4, 0.5) is 31.1 Å². The number of rotatable bonds is 12. The van der Waals surface area contributed by atoms with Gasteiger partial charge >= 0.3 is 18.5 Å². The minimum absolute atomic E-state index is 0.0370. The van der Waals surface area contributed by atoms with E-state index in [1.165, 1.54) is 74.8 Å². The maximum absolute atomic E-state index is 13.1. The molecular formula is C33H26F6N6O7S2. The highest BCUT2D eigenvalue weighted by molar-refractivity contribution is 7.84. The van der Waals surface area contributed by atoms with Crippen LogP contribution in [0.3, 0.4) is 0 Å². The van der Waals surface area contributed by atoms with E-state index in [9.17, 15) is 39.6 Å². The number of hydrogen-bond donors (Lipinski definition) is 2. The average molecular weight is 797 g/mol. The molecule has 0 spiro atoms. The number of alkyl halides is 6. The highest BCUT2D eigenvalue weighted by Gasteiger charge is 2.30. The first-order valence-corrected chi connectivity index (χ1v) is 18.1. The molecule has 4 heterocycles. The average Bonchev–Trinajstić information content (AvgIpc) is 3.72. The zero-order chi connectivity index (χ0) is 38.8. The van der Waals surface area contributed by atoms with Crippen LogP contribution in [0.1, 0.15) is 22.5 Å². The van der Waals surface area contributed by atoms with Crippen molar-refractivity contribution < 1.29 is 58.5 Å². The third kappa shape index (κ3) is 9.50. The molecule has 0 aliphatic carbocycles. The van der Waals surface area contributed by atoms with Crippen molar-refractivity contribution in [1.82, 2.24) is 29.9 Å². The molecule has 2 unspecified atom stereocenters. The standard InChI is InChI=1S/C33H26F6N6O7S2/c1-17-25(40-9-7-27(17)49-15-32(34,35)36)13-53(47)29-42-21-5-3-19(11-23(21)44-29)51-31(46)52-20-4-6-22-24(12-20)45-30(43-22)54(48)14-26-18(2)28(8-10-41-26)50-16-33(37,38)39/h3-12H,13-16H2,1-2H3,(H,42,44)(H,43,45). The van der Waals surface area contributed by atoms with E-state index < -0.39 is 53.3 Å². The fraction of sp³-hybridized carbons (Fsp3) is 0.242. The summed E-state index contributed by atoms with van der Waals surface area (Å²) in [5, 5.41) is 0.103. The van der Waals surface area contributed by atoms with E-state index in [1.54, 1.807) is 0 Å². The number of aromatic amines is 2. The number of hydrogen-bond acceptors (Lipinski definition) is 11. The van der Waals surface area contributed by atoms with Crippen LogP contribution in [0.25, 0.3) is 22.1 Å². The molecule has 6 rings (SSSR count). The van der Waals surface area contributed by atoms with Crippen LogP contribution < -0.4 is 18.9 Å². The van der Waals surface area contributed by atoms with Crippen LogP contribution in [0, 0.1) is 13.8 Å². The summed E-state index contributed by atoms with van der Waals surface area (Å²) < 4.78 is 122. The monoisotopic (exact) mass is 796 g/mol. The topological polar surface area (TPSA) is 171 Å². The Hall–Kier alpha value is -5.57. The van der Waals surface area contributed by atoms with E-state index in [-0.39, 0.29) is 56.2 Å². The van der Waals surface area contributed by atoms with Gasteiger partial charge in [0.1, 0.15) is 23.0 Å². The lowest BCUT2D eigenvalue weighted by Crippen LogP contribution is -2.20. The van der Waals surface area contributed by atoms with Crippen LogP contribution in [-0.2, 0) is 33.1 Å². The lowest BCUT2D eigenvalue weighted by atomic mass is 10.2. The maximum atomic E-state index is 13.1. The van der Waals surface area contributed by atoms with Crippen molar-refractivity contribution in [2.45, 2.75) is 48.0 Å². The number of imidazole rings is 2. The van der Waals surface area contributed by atoms with Gasteiger partial charge in [-0.05, 0) is 50.2 Å². The smallest absolute Gasteiger partial charge is 0.484 e. The molecule has 0 radical (unpaired) electrons. The third-order valence-electron chi connectivity index (χ3n) is 7.53. The molecule has 0 saturated carbocycles. The Labute approximate surface area is 305 Å². The molecule has 0 saturated heterocycles. The number of carbonyl (C=O) groups excluding carboxylic acids is 1. The Morgan fingerprint density at radius 1 is 0.667 bits per heavy atom. The Morgan fingerprint density at radius 2 is 1.07 bits per heavy atom. The fourth-order valence-corrected chi connectivity index (χ4v) is 7.11. The second-order valence-corrected chi connectivity index (χ2v) is 14.2. The van der Waals surface area contributed by atoms with Gasteiger partial charge < -0.3 is 28.9 Å². The highest BCUT2D eigenvalue weighted by atomic mass is 32.2. The van der Waals surface area contributed by atoms with Crippen molar-refractivity contribution in [3.63, 3.8) is 0 Å². The van der Waals surface area contributed by atoms with Crippen LogP contribution in [0.5, 0.6) is 23.0 Å². The van der Waals surface area contributed by atoms with E-state index in [0.717, 1.165) is 0 Å². The first-order valence-electron chi connectivity index (χ1n) is 15.5. The molecule has 0 bridgehead atoms. The van der Waals surface area contributed by atoms with Gasteiger partial charge in [-0.2, -0.15) is 26.3 Å². The molecule has 4 aromatic heterocycles. The van der Waals surface area contributed by atoms with Crippen molar-refractivity contribution in [1.29, 1.82) is 0 Å². The number of H-pyrrole nitrogens is 2. The normalized spacial score (nSPS) is 13.2. The summed E-state index contributed by atoms with van der Waals surface area (Å²) in [7, 11) is -3.58. The molecule has 6 aromatic rings. The summed E-state index contributed by atoms with van der Waals surface area (Å²) in [6.07, 6.45) is -7.65. The Morgan fingerprint density at radius 3 is 1.46 bits per heavy atom. The van der Waals surface area contributed by atoms with E-state index in [2.05, 4.69) is 29.9 Å². The van der Waals surface area contributed by atoms with Gasteiger partial charge in [-0.3, -0.25) is 18.4 Å². The number of ether oxygens (including phenoxy) is 4. The van der Waals surface area contributed by atoms with Gasteiger partial charge in [-0.25, -0.2) is 14.8 Å². The number of halogens is 6. The molecule has 0 amide bonds. The van der Waals surface area contributed by atoms with Crippen LogP contribution in [0.15, 0.2) is 71.2 Å². The van der Waals surface area contributed by atoms with Gasteiger partial charge in [0.25, 0.3) is 0 Å². The molecule has 0 aliphatic heterocycles. The van der Waals surface area contributed by atoms with Crippen molar-refractivity contribution in [3.05, 3.63) is 83.4 Å².